The molecular weight excluding hydrogens is 931 g/mol. The molecule has 0 amide bonds. The van der Waals surface area contributed by atoms with E-state index < -0.39 is 0 Å². The van der Waals surface area contributed by atoms with Gasteiger partial charge < -0.3 is 14.4 Å². The second-order valence-corrected chi connectivity index (χ2v) is 19.8. The second kappa shape index (κ2) is 19.6. The molecule has 0 radical (unpaired) electrons. The Kier molecular flexibility index (Phi) is 11.5. The standard InChI is InChI=1S/C74H51N3/c1-6-18-52(19-7-1)55-34-39-66(40-35-55)76(68-42-37-59-45-57(31-33-61(59)47-68)54-22-10-3-11-23-54)70-49-63(62-38-43-74-72(50-62)71-28-16-17-29-73(71)77(74)65-26-14-5-15-27-65)48-69(51-70)75(64-24-12-4-13-25-64)67-41-36-58-44-56(30-32-60(58)46-67)53-20-8-2-9-21-53/h1-51H. The van der Waals surface area contributed by atoms with Crippen LogP contribution in [0.3, 0.4) is 0 Å². The number of anilines is 6. The van der Waals surface area contributed by atoms with E-state index in [1.807, 2.05) is 0 Å². The quantitative estimate of drug-likeness (QED) is 0.128. The van der Waals surface area contributed by atoms with Crippen molar-refractivity contribution in [2.45, 2.75) is 0 Å². The van der Waals surface area contributed by atoms with Crippen molar-refractivity contribution in [3.05, 3.63) is 309 Å². The number of hydrogen-bond acceptors (Lipinski definition) is 2. The van der Waals surface area contributed by atoms with Gasteiger partial charge in [-0.25, -0.2) is 0 Å². The van der Waals surface area contributed by atoms with Crippen LogP contribution in [0.2, 0.25) is 0 Å². The minimum atomic E-state index is 1.03. The van der Waals surface area contributed by atoms with Crippen LogP contribution in [-0.4, -0.2) is 4.57 Å². The Labute approximate surface area is 449 Å². The molecule has 3 heteroatoms. The maximum absolute atomic E-state index is 2.43. The Balaban J connectivity index is 0.993. The van der Waals surface area contributed by atoms with Crippen molar-refractivity contribution < 1.29 is 0 Å². The predicted octanol–water partition coefficient (Wildman–Crippen LogP) is 20.7. The summed E-state index contributed by atoms with van der Waals surface area (Å²) in [7, 11) is 0. The lowest BCUT2D eigenvalue weighted by atomic mass is 9.98. The molecule has 3 nitrogen and oxygen atoms in total. The van der Waals surface area contributed by atoms with E-state index in [1.165, 1.54) is 76.7 Å². The van der Waals surface area contributed by atoms with E-state index >= 15 is 0 Å². The van der Waals surface area contributed by atoms with Crippen LogP contribution < -0.4 is 9.80 Å². The van der Waals surface area contributed by atoms with E-state index in [9.17, 15) is 0 Å². The lowest BCUT2D eigenvalue weighted by molar-refractivity contribution is 1.18. The summed E-state index contributed by atoms with van der Waals surface area (Å²) in [6.07, 6.45) is 0. The van der Waals surface area contributed by atoms with Crippen molar-refractivity contribution in [3.8, 4) is 50.2 Å². The molecular formula is C74H51N3. The molecule has 0 aliphatic heterocycles. The van der Waals surface area contributed by atoms with Gasteiger partial charge in [-0.05, 0) is 175 Å². The van der Waals surface area contributed by atoms with Gasteiger partial charge in [0.2, 0.25) is 0 Å². The fourth-order valence-corrected chi connectivity index (χ4v) is 11.3. The topological polar surface area (TPSA) is 11.4 Å². The normalized spacial score (nSPS) is 11.4. The number of rotatable bonds is 11. The van der Waals surface area contributed by atoms with E-state index in [2.05, 4.69) is 324 Å². The Hall–Kier alpha value is -10.2. The molecule has 77 heavy (non-hydrogen) atoms. The van der Waals surface area contributed by atoms with Gasteiger partial charge in [0.15, 0.2) is 0 Å². The fraction of sp³-hybridized carbons (Fsp3) is 0. The molecule has 0 aliphatic rings. The number of nitrogens with zero attached hydrogens (tertiary/aromatic N) is 3. The van der Waals surface area contributed by atoms with Gasteiger partial charge >= 0.3 is 0 Å². The summed E-state index contributed by atoms with van der Waals surface area (Å²) in [5, 5.41) is 7.14. The van der Waals surface area contributed by atoms with Crippen molar-refractivity contribution >= 4 is 77.5 Å². The number of para-hydroxylation sites is 3. The molecule has 0 bridgehead atoms. The van der Waals surface area contributed by atoms with Crippen molar-refractivity contribution in [3.63, 3.8) is 0 Å². The van der Waals surface area contributed by atoms with Crippen LogP contribution in [0.5, 0.6) is 0 Å². The minimum Gasteiger partial charge on any atom is -0.310 e. The molecule has 0 fully saturated rings. The number of hydrogen-bond donors (Lipinski definition) is 0. The number of benzene rings is 13. The van der Waals surface area contributed by atoms with E-state index in [4.69, 9.17) is 0 Å². The SMILES string of the molecule is c1ccc(-c2ccc(N(c3cc(-c4ccc5c(c4)c4ccccc4n5-c4ccccc4)cc(N(c4ccccc4)c4ccc5cc(-c6ccccc6)ccc5c4)c3)c3ccc4cc(-c5ccccc5)ccc4c3)cc2)cc1. The van der Waals surface area contributed by atoms with E-state index in [0.29, 0.717) is 0 Å². The Morgan fingerprint density at radius 1 is 0.195 bits per heavy atom. The Bertz CT molecular complexity index is 4420. The zero-order valence-electron chi connectivity index (χ0n) is 42.3. The van der Waals surface area contributed by atoms with Crippen LogP contribution in [0.25, 0.3) is 93.5 Å². The lowest BCUT2D eigenvalue weighted by Crippen LogP contribution is -2.13. The van der Waals surface area contributed by atoms with Crippen LogP contribution in [-0.2, 0) is 0 Å². The maximum Gasteiger partial charge on any atom is 0.0541 e. The van der Waals surface area contributed by atoms with Crippen LogP contribution in [0.4, 0.5) is 34.1 Å². The highest BCUT2D eigenvalue weighted by molar-refractivity contribution is 6.11. The molecule has 0 spiro atoms. The highest BCUT2D eigenvalue weighted by atomic mass is 15.2. The van der Waals surface area contributed by atoms with Crippen LogP contribution in [0.1, 0.15) is 0 Å². The van der Waals surface area contributed by atoms with Gasteiger partial charge in [-0.1, -0.05) is 200 Å². The number of fused-ring (bicyclic) bond motifs is 5. The van der Waals surface area contributed by atoms with Crippen molar-refractivity contribution in [1.29, 1.82) is 0 Å². The predicted molar refractivity (Wildman–Crippen MR) is 327 cm³/mol. The summed E-state index contributed by atoms with van der Waals surface area (Å²) >= 11 is 0. The van der Waals surface area contributed by atoms with Gasteiger partial charge in [0.25, 0.3) is 0 Å². The summed E-state index contributed by atoms with van der Waals surface area (Å²) < 4.78 is 2.39. The molecule has 0 aliphatic carbocycles. The summed E-state index contributed by atoms with van der Waals surface area (Å²) in [5.41, 5.74) is 19.2. The molecule has 13 aromatic carbocycles. The van der Waals surface area contributed by atoms with Crippen molar-refractivity contribution in [1.82, 2.24) is 4.57 Å². The fourth-order valence-electron chi connectivity index (χ4n) is 11.3. The van der Waals surface area contributed by atoms with Gasteiger partial charge in [0.05, 0.1) is 11.0 Å². The first-order valence-corrected chi connectivity index (χ1v) is 26.4. The molecule has 0 unspecified atom stereocenters. The minimum absolute atomic E-state index is 1.03. The molecule has 14 rings (SSSR count). The first-order chi connectivity index (χ1) is 38.1. The Morgan fingerprint density at radius 2 is 0.571 bits per heavy atom. The van der Waals surface area contributed by atoms with Gasteiger partial charge in [-0.2, -0.15) is 0 Å². The molecule has 0 N–H and O–H groups in total. The molecule has 0 atom stereocenters. The highest BCUT2D eigenvalue weighted by Crippen LogP contribution is 2.46. The lowest BCUT2D eigenvalue weighted by Gasteiger charge is -2.31. The molecule has 1 heterocycles. The molecule has 362 valence electrons. The molecule has 0 saturated carbocycles. The van der Waals surface area contributed by atoms with Gasteiger partial charge in [0, 0.05) is 50.6 Å². The third-order valence-corrected chi connectivity index (χ3v) is 15.1. The Morgan fingerprint density at radius 3 is 1.13 bits per heavy atom. The molecule has 14 aromatic rings. The smallest absolute Gasteiger partial charge is 0.0541 e. The largest absolute Gasteiger partial charge is 0.310 e. The van der Waals surface area contributed by atoms with Crippen molar-refractivity contribution in [2.24, 2.45) is 0 Å². The van der Waals surface area contributed by atoms with Crippen LogP contribution in [0, 0.1) is 0 Å². The first kappa shape index (κ1) is 45.4. The van der Waals surface area contributed by atoms with E-state index in [0.717, 1.165) is 50.9 Å². The van der Waals surface area contributed by atoms with E-state index in [1.54, 1.807) is 0 Å². The van der Waals surface area contributed by atoms with E-state index in [-0.39, 0.29) is 0 Å². The monoisotopic (exact) mass is 981 g/mol. The highest BCUT2D eigenvalue weighted by Gasteiger charge is 2.22. The summed E-state index contributed by atoms with van der Waals surface area (Å²) in [5.74, 6) is 0. The second-order valence-electron chi connectivity index (χ2n) is 19.8. The third-order valence-electron chi connectivity index (χ3n) is 15.1. The third kappa shape index (κ3) is 8.66. The van der Waals surface area contributed by atoms with Gasteiger partial charge in [-0.3, -0.25) is 0 Å². The first-order valence-electron chi connectivity index (χ1n) is 26.4. The summed E-state index contributed by atoms with van der Waals surface area (Å²) in [6, 6.07) is 113. The van der Waals surface area contributed by atoms with Gasteiger partial charge in [-0.15, -0.1) is 0 Å². The van der Waals surface area contributed by atoms with Crippen molar-refractivity contribution in [2.75, 3.05) is 9.80 Å². The van der Waals surface area contributed by atoms with Crippen LogP contribution in [0.15, 0.2) is 309 Å². The molecule has 0 saturated heterocycles. The number of aromatic nitrogens is 1. The molecule has 1 aromatic heterocycles. The zero-order chi connectivity index (χ0) is 51.1. The zero-order valence-corrected chi connectivity index (χ0v) is 42.3. The van der Waals surface area contributed by atoms with Gasteiger partial charge in [0.1, 0.15) is 0 Å². The summed E-state index contributed by atoms with van der Waals surface area (Å²) in [6.45, 7) is 0. The maximum atomic E-state index is 2.43. The summed E-state index contributed by atoms with van der Waals surface area (Å²) in [4.78, 5) is 4.85. The van der Waals surface area contributed by atoms with Crippen LogP contribution >= 0.6 is 0 Å². The average molecular weight is 982 g/mol. The average Bonchev–Trinajstić information content (AvgIpc) is 3.88.